The van der Waals surface area contributed by atoms with Crippen molar-refractivity contribution in [3.05, 3.63) is 48.2 Å². The second-order valence-corrected chi connectivity index (χ2v) is 11.0. The maximum Gasteiger partial charge on any atom is 0.333 e. The Kier molecular flexibility index (Phi) is 14.1. The largest absolute Gasteiger partial charge is 0.494 e. The van der Waals surface area contributed by atoms with Crippen molar-refractivity contribution in [1.82, 2.24) is 9.88 Å². The number of carbonyl (C=O) groups is 4. The Morgan fingerprint density at radius 2 is 1.72 bits per heavy atom. The van der Waals surface area contributed by atoms with Crippen molar-refractivity contribution < 1.29 is 47.7 Å². The minimum Gasteiger partial charge on any atom is -0.494 e. The normalized spacial score (nSPS) is 11.6. The number of carboxylic acids is 2. The van der Waals surface area contributed by atoms with Crippen LogP contribution in [-0.2, 0) is 24.4 Å². The van der Waals surface area contributed by atoms with Gasteiger partial charge in [0, 0.05) is 25.2 Å². The van der Waals surface area contributed by atoms with E-state index in [0.717, 1.165) is 24.7 Å². The highest BCUT2D eigenvalue weighted by Crippen LogP contribution is 2.19. The molecule has 0 spiro atoms. The predicted molar refractivity (Wildman–Crippen MR) is 144 cm³/mol. The van der Waals surface area contributed by atoms with Crippen LogP contribution in [0.4, 0.5) is 5.82 Å². The number of pyridine rings is 1. The third-order valence-corrected chi connectivity index (χ3v) is 6.72. The maximum atomic E-state index is 12.5. The molecule has 0 aliphatic carbocycles. The summed E-state index contributed by atoms with van der Waals surface area (Å²) in [6.07, 6.45) is -0.393. The van der Waals surface area contributed by atoms with E-state index in [0.29, 0.717) is 17.9 Å². The van der Waals surface area contributed by atoms with Crippen LogP contribution >= 0.6 is 11.8 Å². The number of hydrogen-bond donors (Lipinski definition) is 4. The number of Topliss-reactive ketones (excluding diaryl/α,β-unsaturated/α-hetero) is 1. The number of ether oxygens (including phenoxy) is 1. The van der Waals surface area contributed by atoms with Crippen LogP contribution in [0.5, 0.6) is 5.75 Å². The van der Waals surface area contributed by atoms with E-state index < -0.39 is 34.5 Å². The summed E-state index contributed by atoms with van der Waals surface area (Å²) in [7, 11) is 0.144. The summed E-state index contributed by atoms with van der Waals surface area (Å²) in [5.41, 5.74) is 0.308. The predicted octanol–water partition coefficient (Wildman–Crippen LogP) is 1.58. The van der Waals surface area contributed by atoms with E-state index in [9.17, 15) is 27.6 Å². The molecule has 0 fully saturated rings. The number of nitrogens with one attached hydrogen (secondary N) is 1. The van der Waals surface area contributed by atoms with Crippen molar-refractivity contribution >= 4 is 50.4 Å². The lowest BCUT2D eigenvalue weighted by atomic mass is 10.2. The van der Waals surface area contributed by atoms with Gasteiger partial charge < -0.3 is 25.0 Å². The van der Waals surface area contributed by atoms with Crippen molar-refractivity contribution in [3.63, 3.8) is 0 Å². The molecule has 0 saturated carbocycles. The number of anilines is 1. The number of aliphatic carboxylic acids is 2. The zero-order valence-electron chi connectivity index (χ0n) is 21.6. The molecule has 2 aromatic rings. The third kappa shape index (κ3) is 13.7. The van der Waals surface area contributed by atoms with Gasteiger partial charge in [0.25, 0.3) is 10.0 Å². The fourth-order valence-electron chi connectivity index (χ4n) is 2.60. The molecule has 0 aliphatic rings. The smallest absolute Gasteiger partial charge is 0.333 e. The summed E-state index contributed by atoms with van der Waals surface area (Å²) in [4.78, 5) is 48.4. The first kappa shape index (κ1) is 33.5. The van der Waals surface area contributed by atoms with Gasteiger partial charge in [-0.25, -0.2) is 18.2 Å². The molecule has 0 amide bonds. The highest BCUT2D eigenvalue weighted by molar-refractivity contribution is 8.14. The molecule has 4 N–H and O–H groups in total. The zero-order valence-corrected chi connectivity index (χ0v) is 23.2. The molecule has 214 valence electrons. The van der Waals surface area contributed by atoms with Crippen LogP contribution in [0, 0.1) is 0 Å². The van der Waals surface area contributed by atoms with Gasteiger partial charge in [0.15, 0.2) is 17.0 Å². The number of thioether (sulfide) groups is 1. The lowest BCUT2D eigenvalue weighted by Crippen LogP contribution is -2.22. The molecule has 0 bridgehead atoms. The van der Waals surface area contributed by atoms with E-state index in [4.69, 9.17) is 20.1 Å². The number of aliphatic hydroxyl groups is 1. The molecule has 0 saturated heterocycles. The number of carboxylic acid groups (broad SMARTS) is 2. The quantitative estimate of drug-likeness (QED) is 0.184. The number of sulfonamides is 1. The number of nitrogens with zero attached hydrogens (tertiary/aromatic N) is 2. The van der Waals surface area contributed by atoms with E-state index in [1.807, 2.05) is 14.1 Å². The number of rotatable bonds is 14. The van der Waals surface area contributed by atoms with E-state index >= 15 is 0 Å². The number of hydrogen-bond acceptors (Lipinski definition) is 11. The Bertz CT molecular complexity index is 1220. The Morgan fingerprint density at radius 3 is 2.18 bits per heavy atom. The van der Waals surface area contributed by atoms with Gasteiger partial charge in [-0.2, -0.15) is 0 Å². The minimum atomic E-state index is -3.83. The molecule has 1 heterocycles. The fourth-order valence-corrected chi connectivity index (χ4v) is 4.11. The first-order chi connectivity index (χ1) is 18.2. The number of ketones is 1. The van der Waals surface area contributed by atoms with Crippen molar-refractivity contribution in [2.45, 2.75) is 30.8 Å². The number of carbonyl (C=O) groups excluding carboxylic acids is 2. The van der Waals surface area contributed by atoms with E-state index in [1.54, 1.807) is 12.1 Å². The summed E-state index contributed by atoms with van der Waals surface area (Å²) in [5.74, 6) is -2.39. The van der Waals surface area contributed by atoms with E-state index in [1.165, 1.54) is 37.4 Å². The molecule has 1 aromatic heterocycles. The molecule has 15 heteroatoms. The molecule has 0 aliphatic heterocycles. The van der Waals surface area contributed by atoms with Gasteiger partial charge in [-0.3, -0.25) is 19.1 Å². The topological polar surface area (TPSA) is 200 Å². The standard InChI is InChI=1S/C20H25N3O5S2.C4H6O5/c1-15(24)29-14-19(25)16-5-10-20(21-13-16)22-30(26,27)18-8-6-17(7-9-18)28-12-4-11-23(2)3;5-2(4(8)9)1-3(6)7/h5-10,13H,4,11-12,14H2,1-3H3,(H,21,22);2,5H,1H2,(H,6,7)(H,8,9). The van der Waals surface area contributed by atoms with Crippen LogP contribution in [-0.4, -0.2) is 95.6 Å². The molecule has 39 heavy (non-hydrogen) atoms. The van der Waals surface area contributed by atoms with Crippen molar-refractivity contribution in [2.24, 2.45) is 0 Å². The van der Waals surface area contributed by atoms with Crippen molar-refractivity contribution in [2.75, 3.05) is 37.7 Å². The average Bonchev–Trinajstić information content (AvgIpc) is 2.85. The third-order valence-electron chi connectivity index (χ3n) is 4.54. The Hall–Kier alpha value is -3.53. The van der Waals surface area contributed by atoms with Gasteiger partial charge in [-0.05, 0) is 56.9 Å². The second kappa shape index (κ2) is 16.4. The van der Waals surface area contributed by atoms with E-state index in [2.05, 4.69) is 14.6 Å². The van der Waals surface area contributed by atoms with Crippen LogP contribution in [0.2, 0.25) is 0 Å². The summed E-state index contributed by atoms with van der Waals surface area (Å²) >= 11 is 0.914. The number of aliphatic hydroxyl groups excluding tert-OH is 1. The molecule has 13 nitrogen and oxygen atoms in total. The van der Waals surface area contributed by atoms with Gasteiger partial charge in [0.2, 0.25) is 0 Å². The summed E-state index contributed by atoms with van der Waals surface area (Å²) < 4.78 is 33.1. The lowest BCUT2D eigenvalue weighted by molar-refractivity contribution is -0.152. The van der Waals surface area contributed by atoms with Crippen LogP contribution in [0.3, 0.4) is 0 Å². The molecule has 1 unspecified atom stereocenters. The van der Waals surface area contributed by atoms with Crippen LogP contribution < -0.4 is 9.46 Å². The van der Waals surface area contributed by atoms with Crippen LogP contribution in [0.25, 0.3) is 0 Å². The first-order valence-electron chi connectivity index (χ1n) is 11.4. The lowest BCUT2D eigenvalue weighted by Gasteiger charge is -2.11. The van der Waals surface area contributed by atoms with E-state index in [-0.39, 0.29) is 27.4 Å². The highest BCUT2D eigenvalue weighted by atomic mass is 32.2. The molecular weight excluding hydrogens is 554 g/mol. The van der Waals surface area contributed by atoms with Crippen LogP contribution in [0.15, 0.2) is 47.5 Å². The molecule has 1 aromatic carbocycles. The van der Waals surface area contributed by atoms with Gasteiger partial charge in [-0.1, -0.05) is 11.8 Å². The SMILES string of the molecule is CC(=O)SCC(=O)c1ccc(NS(=O)(=O)c2ccc(OCCCN(C)C)cc2)nc1.O=C(O)CC(O)C(=O)O. The summed E-state index contributed by atoms with van der Waals surface area (Å²) in [6, 6.07) is 9.00. The first-order valence-corrected chi connectivity index (χ1v) is 13.8. The second-order valence-electron chi connectivity index (χ2n) is 8.17. The van der Waals surface area contributed by atoms with Crippen molar-refractivity contribution in [3.8, 4) is 5.75 Å². The zero-order chi connectivity index (χ0) is 29.6. The number of benzene rings is 1. The van der Waals surface area contributed by atoms with Gasteiger partial charge in [0.1, 0.15) is 11.6 Å². The van der Waals surface area contributed by atoms with Crippen LogP contribution in [0.1, 0.15) is 30.1 Å². The maximum absolute atomic E-state index is 12.5. The average molecular weight is 586 g/mol. The minimum absolute atomic E-state index is 0.0195. The highest BCUT2D eigenvalue weighted by Gasteiger charge is 2.17. The molecule has 2 rings (SSSR count). The molecular formula is C24H31N3O10S2. The monoisotopic (exact) mass is 585 g/mol. The molecule has 0 radical (unpaired) electrons. The Balaban J connectivity index is 0.000000724. The van der Waals surface area contributed by atoms with Crippen molar-refractivity contribution in [1.29, 1.82) is 0 Å². The van der Waals surface area contributed by atoms with Gasteiger partial charge in [-0.15, -0.1) is 0 Å². The Labute approximate surface area is 230 Å². The molecule has 1 atom stereocenters. The summed E-state index contributed by atoms with van der Waals surface area (Å²) in [5, 5.41) is 24.0. The van der Waals surface area contributed by atoms with Gasteiger partial charge in [0.05, 0.1) is 23.7 Å². The number of aromatic nitrogens is 1. The Morgan fingerprint density at radius 1 is 1.08 bits per heavy atom. The fraction of sp³-hybridized carbons (Fsp3) is 0.375. The summed E-state index contributed by atoms with van der Waals surface area (Å²) in [6.45, 7) is 2.84. The van der Waals surface area contributed by atoms with Gasteiger partial charge >= 0.3 is 11.9 Å².